The van der Waals surface area contributed by atoms with E-state index in [2.05, 4.69) is 4.98 Å². The number of alkyl halides is 3. The number of thioether (sulfide) groups is 1. The fourth-order valence-electron chi connectivity index (χ4n) is 0.998. The maximum absolute atomic E-state index is 11.9. The molecule has 1 atom stereocenters. The molecule has 100 valence electrons. The van der Waals surface area contributed by atoms with E-state index in [1.807, 2.05) is 5.32 Å². The first-order valence-electron chi connectivity index (χ1n) is 4.90. The van der Waals surface area contributed by atoms with Gasteiger partial charge in [0, 0.05) is 6.20 Å². The number of hydrogen-bond donors (Lipinski definition) is 1. The Hall–Kier alpha value is -0.950. The number of carbonyl (C=O) groups is 1. The Kier molecular flexibility index (Phi) is 5.28. The lowest BCUT2D eigenvalue weighted by Crippen LogP contribution is -2.37. The number of nitrogens with one attached hydrogen (secondary N) is 1. The summed E-state index contributed by atoms with van der Waals surface area (Å²) in [5.74, 6) is -0.686. The van der Waals surface area contributed by atoms with Gasteiger partial charge in [-0.1, -0.05) is 23.4 Å². The fourth-order valence-corrected chi connectivity index (χ4v) is 1.92. The average Bonchev–Trinajstić information content (AvgIpc) is 2.28. The van der Waals surface area contributed by atoms with Crippen molar-refractivity contribution in [2.75, 3.05) is 6.54 Å². The van der Waals surface area contributed by atoms with Gasteiger partial charge in [0.05, 0.1) is 15.3 Å². The van der Waals surface area contributed by atoms with E-state index in [-0.39, 0.29) is 0 Å². The molecule has 1 heterocycles. The smallest absolute Gasteiger partial charge is 0.346 e. The molecule has 0 spiro atoms. The van der Waals surface area contributed by atoms with Crippen LogP contribution in [-0.4, -0.2) is 28.9 Å². The van der Waals surface area contributed by atoms with E-state index in [4.69, 9.17) is 11.6 Å². The third-order valence-electron chi connectivity index (χ3n) is 1.83. The molecular formula is C10H10ClF3N2OS. The Morgan fingerprint density at radius 3 is 2.72 bits per heavy atom. The van der Waals surface area contributed by atoms with E-state index in [1.165, 1.54) is 13.1 Å². The minimum atomic E-state index is -4.40. The second-order valence-electron chi connectivity index (χ2n) is 3.41. The summed E-state index contributed by atoms with van der Waals surface area (Å²) in [5.41, 5.74) is 0. The van der Waals surface area contributed by atoms with Gasteiger partial charge in [0.2, 0.25) is 5.91 Å². The van der Waals surface area contributed by atoms with Crippen molar-refractivity contribution in [3.05, 3.63) is 23.4 Å². The molecule has 0 saturated carbocycles. The molecule has 1 aromatic heterocycles. The van der Waals surface area contributed by atoms with Crippen molar-refractivity contribution in [3.8, 4) is 0 Å². The molecule has 0 bridgehead atoms. The first-order chi connectivity index (χ1) is 8.28. The maximum Gasteiger partial charge on any atom is 0.405 e. The van der Waals surface area contributed by atoms with Crippen LogP contribution in [-0.2, 0) is 4.79 Å². The summed E-state index contributed by atoms with van der Waals surface area (Å²) >= 11 is 6.70. The number of hydrogen-bond acceptors (Lipinski definition) is 3. The third kappa shape index (κ3) is 5.59. The normalized spacial score (nSPS) is 13.2. The lowest BCUT2D eigenvalue weighted by atomic mass is 10.4. The van der Waals surface area contributed by atoms with Crippen LogP contribution in [0.25, 0.3) is 0 Å². The Labute approximate surface area is 111 Å². The molecule has 8 heteroatoms. The molecule has 0 fully saturated rings. The molecule has 0 aliphatic rings. The van der Waals surface area contributed by atoms with Crippen LogP contribution < -0.4 is 5.32 Å². The molecule has 0 unspecified atom stereocenters. The summed E-state index contributed by atoms with van der Waals surface area (Å²) in [6.07, 6.45) is -3.00. The van der Waals surface area contributed by atoms with Crippen molar-refractivity contribution in [1.29, 1.82) is 0 Å². The second kappa shape index (κ2) is 6.29. The minimum Gasteiger partial charge on any atom is -0.346 e. The summed E-state index contributed by atoms with van der Waals surface area (Å²) in [4.78, 5) is 15.3. The van der Waals surface area contributed by atoms with Gasteiger partial charge in [0.25, 0.3) is 0 Å². The highest BCUT2D eigenvalue weighted by Gasteiger charge is 2.28. The van der Waals surface area contributed by atoms with Gasteiger partial charge in [0.1, 0.15) is 6.54 Å². The molecule has 0 radical (unpaired) electrons. The van der Waals surface area contributed by atoms with E-state index in [1.54, 1.807) is 12.1 Å². The quantitative estimate of drug-likeness (QED) is 0.869. The monoisotopic (exact) mass is 298 g/mol. The third-order valence-corrected chi connectivity index (χ3v) is 3.10. The lowest BCUT2D eigenvalue weighted by Gasteiger charge is -2.12. The Bertz CT molecular complexity index is 411. The zero-order valence-corrected chi connectivity index (χ0v) is 10.9. The van der Waals surface area contributed by atoms with Gasteiger partial charge >= 0.3 is 6.18 Å². The Balaban J connectivity index is 2.47. The zero-order chi connectivity index (χ0) is 13.8. The molecule has 1 N–H and O–H groups in total. The topological polar surface area (TPSA) is 42.0 Å². The summed E-state index contributed by atoms with van der Waals surface area (Å²) in [6.45, 7) is 0.178. The fraction of sp³-hybridized carbons (Fsp3) is 0.400. The number of aromatic nitrogens is 1. The van der Waals surface area contributed by atoms with E-state index >= 15 is 0 Å². The van der Waals surface area contributed by atoms with Gasteiger partial charge in [-0.3, -0.25) is 4.79 Å². The molecule has 1 rings (SSSR count). The van der Waals surface area contributed by atoms with Crippen LogP contribution in [0, 0.1) is 0 Å². The molecule has 18 heavy (non-hydrogen) atoms. The Morgan fingerprint density at radius 2 is 2.22 bits per heavy atom. The molecule has 0 aliphatic heterocycles. The maximum atomic E-state index is 11.9. The van der Waals surface area contributed by atoms with Gasteiger partial charge < -0.3 is 5.32 Å². The molecule has 0 saturated heterocycles. The standard InChI is InChI=1S/C10H10ClF3N2OS/c1-6(9(17)16-5-10(12,13)14)18-8-3-2-7(11)4-15-8/h2-4,6H,5H2,1H3,(H,16,17)/t6-/m1/s1. The second-order valence-corrected chi connectivity index (χ2v) is 5.21. The van der Waals surface area contributed by atoms with Crippen molar-refractivity contribution in [1.82, 2.24) is 10.3 Å². The molecule has 1 aromatic rings. The zero-order valence-electron chi connectivity index (χ0n) is 9.29. The van der Waals surface area contributed by atoms with Crippen molar-refractivity contribution in [2.24, 2.45) is 0 Å². The van der Waals surface area contributed by atoms with Crippen LogP contribution in [0.3, 0.4) is 0 Å². The van der Waals surface area contributed by atoms with Gasteiger partial charge in [-0.15, -0.1) is 0 Å². The highest BCUT2D eigenvalue weighted by atomic mass is 35.5. The first kappa shape index (κ1) is 15.1. The molecular weight excluding hydrogens is 289 g/mol. The van der Waals surface area contributed by atoms with Gasteiger partial charge in [-0.05, 0) is 19.1 Å². The van der Waals surface area contributed by atoms with Crippen LogP contribution in [0.4, 0.5) is 13.2 Å². The van der Waals surface area contributed by atoms with Crippen LogP contribution in [0.2, 0.25) is 5.02 Å². The van der Waals surface area contributed by atoms with E-state index in [0.717, 1.165) is 11.8 Å². The highest BCUT2D eigenvalue weighted by Crippen LogP contribution is 2.22. The molecule has 3 nitrogen and oxygen atoms in total. The average molecular weight is 299 g/mol. The number of amides is 1. The van der Waals surface area contributed by atoms with Crippen LogP contribution in [0.1, 0.15) is 6.92 Å². The number of halogens is 4. The van der Waals surface area contributed by atoms with Crippen molar-refractivity contribution in [3.63, 3.8) is 0 Å². The van der Waals surface area contributed by atoms with Crippen LogP contribution in [0.15, 0.2) is 23.4 Å². The van der Waals surface area contributed by atoms with Gasteiger partial charge in [-0.25, -0.2) is 4.98 Å². The number of nitrogens with zero attached hydrogens (tertiary/aromatic N) is 1. The Morgan fingerprint density at radius 1 is 1.56 bits per heavy atom. The minimum absolute atomic E-state index is 0.452. The van der Waals surface area contributed by atoms with Crippen molar-refractivity contribution >= 4 is 29.3 Å². The van der Waals surface area contributed by atoms with Crippen LogP contribution in [0.5, 0.6) is 0 Å². The van der Waals surface area contributed by atoms with E-state index in [9.17, 15) is 18.0 Å². The van der Waals surface area contributed by atoms with E-state index < -0.39 is 23.9 Å². The summed E-state index contributed by atoms with van der Waals surface area (Å²) in [7, 11) is 0. The predicted octanol–water partition coefficient (Wildman–Crippen LogP) is 2.89. The number of pyridine rings is 1. The molecule has 0 aromatic carbocycles. The largest absolute Gasteiger partial charge is 0.405 e. The molecule has 1 amide bonds. The lowest BCUT2D eigenvalue weighted by molar-refractivity contribution is -0.137. The van der Waals surface area contributed by atoms with Gasteiger partial charge in [0.15, 0.2) is 0 Å². The summed E-state index contributed by atoms with van der Waals surface area (Å²) in [5, 5.41) is 2.12. The predicted molar refractivity (Wildman–Crippen MR) is 63.6 cm³/mol. The number of rotatable bonds is 4. The first-order valence-corrected chi connectivity index (χ1v) is 6.16. The summed E-state index contributed by atoms with van der Waals surface area (Å²) in [6, 6.07) is 3.19. The highest BCUT2D eigenvalue weighted by molar-refractivity contribution is 8.00. The van der Waals surface area contributed by atoms with Crippen molar-refractivity contribution < 1.29 is 18.0 Å². The molecule has 0 aliphatic carbocycles. The van der Waals surface area contributed by atoms with Crippen LogP contribution >= 0.6 is 23.4 Å². The van der Waals surface area contributed by atoms with Gasteiger partial charge in [-0.2, -0.15) is 13.2 Å². The van der Waals surface area contributed by atoms with Crippen molar-refractivity contribution in [2.45, 2.75) is 23.4 Å². The SMILES string of the molecule is C[C@@H](Sc1ccc(Cl)cn1)C(=O)NCC(F)(F)F. The number of carbonyl (C=O) groups excluding carboxylic acids is 1. The summed E-state index contributed by atoms with van der Waals surface area (Å²) < 4.78 is 35.7. The van der Waals surface area contributed by atoms with E-state index in [0.29, 0.717) is 10.0 Å².